The van der Waals surface area contributed by atoms with Gasteiger partial charge in [0.1, 0.15) is 71.9 Å². The van der Waals surface area contributed by atoms with Crippen LogP contribution in [0.1, 0.15) is 156 Å². The number of hydrogen-bond acceptors (Lipinski definition) is 27. The predicted molar refractivity (Wildman–Crippen MR) is 421 cm³/mol. The van der Waals surface area contributed by atoms with Crippen LogP contribution in [0.25, 0.3) is 0 Å². The summed E-state index contributed by atoms with van der Waals surface area (Å²) in [6, 6.07) is -8.27. The van der Waals surface area contributed by atoms with Crippen molar-refractivity contribution in [2.45, 2.75) is 196 Å². The Morgan fingerprint density at radius 1 is 0.500 bits per heavy atom. The number of fused-ring (bicyclic) bond motifs is 2. The number of aliphatic imine (C=N–C) groups is 1. The number of benzene rings is 3. The SMILES string of the molecule is CC[C@H](C)[C@H](NC(=O)[C@H](CO)NC(=O)CCCCCOC(=O)c1ccccc1C1c2cc(F)c(O)cc2Oc2cc(O)c(F)cc21)C(=O)N[C@H](C(=O)N[C@@H](CCCCN)C(=O)N[C@@H](COP(=O)(O)O)C(=O)N[C@@H](COP(=O)(O)O)C(=O)N[C@@H](CO)C(=O)N[C@@H](CCCN=C(N)N)C(=O)N[C@@H](CCCCN)C(=O)N[C@@H](CCCCN)C(N)=O)[C@@H](C)O. The Balaban J connectivity index is 1.48. The number of nitrogens with two attached hydrogens (primary N) is 6. The zero-order valence-corrected chi connectivity index (χ0v) is 68.0. The van der Waals surface area contributed by atoms with Gasteiger partial charge in [-0.3, -0.25) is 66.8 Å². The molecule has 1 heterocycles. The van der Waals surface area contributed by atoms with Crippen LogP contribution in [0.4, 0.5) is 8.78 Å². The summed E-state index contributed by atoms with van der Waals surface area (Å²) < 4.78 is 74.2. The molecule has 0 bridgehead atoms. The molecular weight excluding hydrogens is 1630 g/mol. The van der Waals surface area contributed by atoms with Crippen molar-refractivity contribution in [1.82, 2.24) is 53.2 Å². The molecule has 0 fully saturated rings. The van der Waals surface area contributed by atoms with E-state index in [1.165, 1.54) is 25.1 Å². The van der Waals surface area contributed by atoms with Crippen LogP contribution in [0.2, 0.25) is 0 Å². The lowest BCUT2D eigenvalue weighted by atomic mass is 9.80. The average Bonchev–Trinajstić information content (AvgIpc) is 0.741. The van der Waals surface area contributed by atoms with Gasteiger partial charge in [-0.05, 0) is 146 Å². The summed E-state index contributed by atoms with van der Waals surface area (Å²) in [5, 5.41) is 74.8. The van der Waals surface area contributed by atoms with Crippen molar-refractivity contribution >= 4 is 92.6 Å². The lowest BCUT2D eigenvalue weighted by Crippen LogP contribution is -2.63. The molecule has 0 aliphatic carbocycles. The zero-order chi connectivity index (χ0) is 89.7. The monoisotopic (exact) mass is 1750 g/mol. The number of carbonyl (C=O) groups excluding carboxylic acids is 12. The smallest absolute Gasteiger partial charge is 0.469 e. The van der Waals surface area contributed by atoms with Crippen LogP contribution in [0.15, 0.2) is 53.5 Å². The fraction of sp³-hybridized carbons (Fsp3) is 0.569. The second kappa shape index (κ2) is 50.8. The number of hydrogen-bond donors (Lipinski definition) is 25. The van der Waals surface area contributed by atoms with Gasteiger partial charge in [-0.1, -0.05) is 38.5 Å². The molecule has 0 radical (unpaired) electrons. The second-order valence-corrected chi connectivity index (χ2v) is 30.5. The van der Waals surface area contributed by atoms with Gasteiger partial charge in [0.05, 0.1) is 44.7 Å². The van der Waals surface area contributed by atoms with Gasteiger partial charge < -0.3 is 142 Å². The van der Waals surface area contributed by atoms with Crippen molar-refractivity contribution in [3.63, 3.8) is 0 Å². The minimum absolute atomic E-state index is 0.00152. The van der Waals surface area contributed by atoms with Gasteiger partial charge in [0.2, 0.25) is 65.0 Å². The first-order valence-electron chi connectivity index (χ1n) is 38.4. The number of guanidine groups is 1. The number of amides is 11. The van der Waals surface area contributed by atoms with Crippen LogP contribution >= 0.6 is 15.6 Å². The van der Waals surface area contributed by atoms with Crippen molar-refractivity contribution in [3.8, 4) is 23.0 Å². The minimum Gasteiger partial charge on any atom is -0.505 e. The lowest BCUT2D eigenvalue weighted by molar-refractivity contribution is -0.138. The van der Waals surface area contributed by atoms with Gasteiger partial charge in [0.25, 0.3) is 0 Å². The Labute approximate surface area is 688 Å². The van der Waals surface area contributed by atoms with Gasteiger partial charge in [-0.15, -0.1) is 0 Å². The quantitative estimate of drug-likeness (QED) is 0.00655. The Bertz CT molecular complexity index is 4070. The molecule has 0 saturated carbocycles. The molecule has 11 amide bonds. The van der Waals surface area contributed by atoms with Crippen molar-refractivity contribution in [2.24, 2.45) is 45.3 Å². The number of phenolic OH excluding ortho intramolecular Hbond substituents is 2. The summed E-state index contributed by atoms with van der Waals surface area (Å²) in [7, 11) is -11.2. The topological polar surface area (TPSA) is 747 Å². The minimum atomic E-state index is -5.62. The lowest BCUT2D eigenvalue weighted by Gasteiger charge is -2.30. The molecule has 0 unspecified atom stereocenters. The highest BCUT2D eigenvalue weighted by Gasteiger charge is 2.40. The number of aliphatic hydroxyl groups excluding tert-OH is 3. The summed E-state index contributed by atoms with van der Waals surface area (Å²) in [6.07, 6.45) is -0.385. The third-order valence-corrected chi connectivity index (χ3v) is 19.7. The van der Waals surface area contributed by atoms with Crippen LogP contribution in [0, 0.1) is 17.6 Å². The predicted octanol–water partition coefficient (Wildman–Crippen LogP) is -4.22. The highest BCUT2D eigenvalue weighted by Crippen LogP contribution is 2.51. The average molecular weight is 1750 g/mol. The number of phosphoric ester groups is 2. The van der Waals surface area contributed by atoms with Crippen LogP contribution in [0.5, 0.6) is 23.0 Å². The normalized spacial score (nSPS) is 15.0. The molecular formula is C72H111F2N17O27P2. The van der Waals surface area contributed by atoms with Crippen LogP contribution in [-0.4, -0.2) is 248 Å². The zero-order valence-electron chi connectivity index (χ0n) is 66.2. The number of nitrogens with zero attached hydrogens (tertiary/aromatic N) is 1. The number of carbonyl (C=O) groups is 12. The van der Waals surface area contributed by atoms with Crippen LogP contribution in [-0.2, 0) is 75.7 Å². The van der Waals surface area contributed by atoms with E-state index in [1.54, 1.807) is 13.0 Å². The molecule has 0 aromatic heterocycles. The van der Waals surface area contributed by atoms with Gasteiger partial charge in [0, 0.05) is 42.1 Å². The standard InChI is InChI=1S/C72H111F2N17O27P2/c1-4-37(2)59(90-66(103)49(33-92)82-57(97)23-6-5-15-28-115-71(108)40-18-8-7-17-39(40)58-41-29-43(73)53(95)31-55(41)118-56-32-54(96)44(74)30-42(56)58)69(106)91-60(38(3)94)70(107)86-47(21-11-14-26-77)64(101)88-52(36-117-120(112,113)114)68(105)89-51(35-116-119(109,110)111)67(104)87-50(34-93)65(102)85-48(22-16-27-81-72(79)80)63(100)84-46(20-10-13-25-76)62(99)83-45(61(78)98)19-9-12-24-75/h7-8,17-18,29-32,37-38,45-52,58-60,92-96H,4-6,9-16,19-28,33-36,75-77H2,1-3H3,(H2,78,98)(H,82,97)(H,83,99)(H,84,100)(H,85,102)(H,86,107)(H,87,104)(H,88,101)(H,89,105)(H,90,103)(H,91,106)(H4,79,80,81)(H2,109,110,111)(H2,112,113,114)/t37-,38+,45-,46-,47-,48-,49-,50-,51-,52-,59-,60-/m0/s1. The Kier molecular flexibility index (Phi) is 43.2. The highest BCUT2D eigenvalue weighted by molar-refractivity contribution is 7.46. The number of halogens is 2. The molecule has 12 atom stereocenters. The third kappa shape index (κ3) is 34.1. The maximum atomic E-state index is 14.9. The summed E-state index contributed by atoms with van der Waals surface area (Å²) in [6.45, 7) is -1.06. The fourth-order valence-electron chi connectivity index (χ4n) is 12.0. The van der Waals surface area contributed by atoms with E-state index in [1.807, 2.05) is 10.6 Å². The Morgan fingerprint density at radius 2 is 0.900 bits per heavy atom. The molecule has 0 saturated heterocycles. The number of rotatable bonds is 55. The molecule has 670 valence electrons. The van der Waals surface area contributed by atoms with Crippen molar-refractivity contribution in [1.29, 1.82) is 0 Å². The first-order chi connectivity index (χ1) is 56.6. The van der Waals surface area contributed by atoms with E-state index in [0.717, 1.165) is 31.2 Å². The fourth-order valence-corrected chi connectivity index (χ4v) is 12.7. The molecule has 3 aromatic rings. The van der Waals surface area contributed by atoms with Gasteiger partial charge >= 0.3 is 21.6 Å². The summed E-state index contributed by atoms with van der Waals surface area (Å²) >= 11 is 0. The number of nitrogens with one attached hydrogen (secondary N) is 10. The largest absolute Gasteiger partial charge is 0.505 e. The van der Waals surface area contributed by atoms with Crippen molar-refractivity contribution in [2.75, 3.05) is 59.2 Å². The first kappa shape index (κ1) is 102. The van der Waals surface area contributed by atoms with Crippen LogP contribution < -0.4 is 92.3 Å². The van der Waals surface area contributed by atoms with E-state index in [0.29, 0.717) is 19.3 Å². The number of phosphoric acid groups is 2. The number of esters is 1. The van der Waals surface area contributed by atoms with Crippen molar-refractivity contribution < 1.29 is 139 Å². The molecule has 1 aliphatic heterocycles. The summed E-state index contributed by atoms with van der Waals surface area (Å²) in [5.41, 5.74) is 33.9. The molecule has 120 heavy (non-hydrogen) atoms. The van der Waals surface area contributed by atoms with E-state index in [-0.39, 0.29) is 156 Å². The summed E-state index contributed by atoms with van der Waals surface area (Å²) in [4.78, 5) is 209. The molecule has 4 rings (SSSR count). The van der Waals surface area contributed by atoms with E-state index >= 15 is 0 Å². The molecule has 0 spiro atoms. The van der Waals surface area contributed by atoms with E-state index < -0.39 is 215 Å². The van der Waals surface area contributed by atoms with E-state index in [4.69, 9.17) is 43.9 Å². The Morgan fingerprint density at radius 3 is 1.35 bits per heavy atom. The molecule has 31 N–H and O–H groups in total. The van der Waals surface area contributed by atoms with Gasteiger partial charge in [-0.2, -0.15) is 0 Å². The van der Waals surface area contributed by atoms with Crippen LogP contribution in [0.3, 0.4) is 0 Å². The molecule has 44 nitrogen and oxygen atoms in total. The van der Waals surface area contributed by atoms with E-state index in [9.17, 15) is 121 Å². The number of unbranched alkanes of at least 4 members (excludes halogenated alkanes) is 5. The van der Waals surface area contributed by atoms with Gasteiger partial charge in [-0.25, -0.2) is 22.7 Å². The van der Waals surface area contributed by atoms with Crippen molar-refractivity contribution in [3.05, 3.63) is 82.4 Å². The molecule has 3 aromatic carbocycles. The highest BCUT2D eigenvalue weighted by atomic mass is 31.2. The second-order valence-electron chi connectivity index (χ2n) is 28.0. The number of aliphatic hydroxyl groups is 3. The summed E-state index contributed by atoms with van der Waals surface area (Å²) in [5.74, 6) is -19.8. The number of aromatic hydroxyl groups is 2. The number of primary amides is 1. The first-order valence-corrected chi connectivity index (χ1v) is 41.4. The number of ether oxygens (including phenoxy) is 2. The maximum Gasteiger partial charge on any atom is 0.469 e. The maximum absolute atomic E-state index is 14.9. The van der Waals surface area contributed by atoms with E-state index in [2.05, 4.69) is 56.6 Å². The molecule has 48 heteroatoms. The number of phenols is 2. The molecule has 1 aliphatic rings. The Hall–Kier alpha value is -10.2. The van der Waals surface area contributed by atoms with Gasteiger partial charge in [0.15, 0.2) is 29.1 Å². The third-order valence-electron chi connectivity index (χ3n) is 18.7.